The lowest BCUT2D eigenvalue weighted by Crippen LogP contribution is -2.50. The maximum atomic E-state index is 13.2. The van der Waals surface area contributed by atoms with Gasteiger partial charge in [-0.1, -0.05) is 68.4 Å². The van der Waals surface area contributed by atoms with Crippen LogP contribution in [0, 0.1) is 5.92 Å². The first kappa shape index (κ1) is 26.7. The molecule has 0 aliphatic carbocycles. The van der Waals surface area contributed by atoms with Crippen molar-refractivity contribution in [2.24, 2.45) is 11.7 Å². The van der Waals surface area contributed by atoms with Crippen LogP contribution in [-0.4, -0.2) is 50.3 Å². The van der Waals surface area contributed by atoms with Gasteiger partial charge >= 0.3 is 0 Å². The van der Waals surface area contributed by atoms with Crippen LogP contribution in [0.5, 0.6) is 11.5 Å². The van der Waals surface area contributed by atoms with Gasteiger partial charge in [0.05, 0.1) is 32.9 Å². The summed E-state index contributed by atoms with van der Waals surface area (Å²) >= 11 is 0. The van der Waals surface area contributed by atoms with Crippen LogP contribution < -0.4 is 15.2 Å². The lowest BCUT2D eigenvalue weighted by molar-refractivity contribution is -0.136. The molecular formula is C31H38N2O4. The molecule has 1 fully saturated rings. The van der Waals surface area contributed by atoms with Crippen LogP contribution in [0.15, 0.2) is 78.9 Å². The predicted octanol–water partition coefficient (Wildman–Crippen LogP) is 4.99. The van der Waals surface area contributed by atoms with Gasteiger partial charge in [0.15, 0.2) is 0 Å². The van der Waals surface area contributed by atoms with Gasteiger partial charge in [-0.25, -0.2) is 0 Å². The normalized spacial score (nSPS) is 16.6. The summed E-state index contributed by atoms with van der Waals surface area (Å²) in [5, 5.41) is 0. The fraction of sp³-hybridized carbons (Fsp3) is 0.387. The molecule has 6 heteroatoms. The third kappa shape index (κ3) is 5.50. The fourth-order valence-corrected chi connectivity index (χ4v) is 5.07. The molecule has 1 saturated heterocycles. The monoisotopic (exact) mass is 502 g/mol. The molecule has 1 aliphatic heterocycles. The van der Waals surface area contributed by atoms with Gasteiger partial charge in [0.2, 0.25) is 5.91 Å². The van der Waals surface area contributed by atoms with Crippen molar-refractivity contribution in [3.05, 3.63) is 95.6 Å². The van der Waals surface area contributed by atoms with E-state index >= 15 is 0 Å². The first-order valence-electron chi connectivity index (χ1n) is 12.9. The van der Waals surface area contributed by atoms with Crippen molar-refractivity contribution < 1.29 is 19.0 Å². The van der Waals surface area contributed by atoms with Crippen LogP contribution in [0.25, 0.3) is 0 Å². The van der Waals surface area contributed by atoms with Crippen LogP contribution >= 0.6 is 0 Å². The first-order valence-corrected chi connectivity index (χ1v) is 12.9. The molecule has 6 nitrogen and oxygen atoms in total. The van der Waals surface area contributed by atoms with Crippen LogP contribution in [0.4, 0.5) is 0 Å². The summed E-state index contributed by atoms with van der Waals surface area (Å²) in [5.74, 6) is 1.63. The Morgan fingerprint density at radius 1 is 0.892 bits per heavy atom. The van der Waals surface area contributed by atoms with Gasteiger partial charge in [-0.3, -0.25) is 4.79 Å². The SMILES string of the molecule is COc1ccc(C(OC[C@@H]2CCCN2C(=O)[C@@H](N)C(C)C)(c2ccccc2)c2ccc(OC)cc2)cc1. The molecule has 3 aromatic carbocycles. The van der Waals surface area contributed by atoms with Gasteiger partial charge in [-0.15, -0.1) is 0 Å². The Labute approximate surface area is 220 Å². The fourth-order valence-electron chi connectivity index (χ4n) is 5.07. The van der Waals surface area contributed by atoms with Crippen LogP contribution in [0.3, 0.4) is 0 Å². The number of methoxy groups -OCH3 is 2. The Morgan fingerprint density at radius 3 is 1.89 bits per heavy atom. The molecule has 0 saturated carbocycles. The van der Waals surface area contributed by atoms with Crippen molar-refractivity contribution in [2.45, 2.75) is 44.4 Å². The van der Waals surface area contributed by atoms with E-state index in [1.54, 1.807) is 14.2 Å². The van der Waals surface area contributed by atoms with E-state index in [-0.39, 0.29) is 17.9 Å². The van der Waals surface area contributed by atoms with E-state index in [0.29, 0.717) is 13.2 Å². The van der Waals surface area contributed by atoms with E-state index < -0.39 is 11.6 Å². The molecule has 2 atom stereocenters. The molecule has 37 heavy (non-hydrogen) atoms. The second-order valence-electron chi connectivity index (χ2n) is 9.91. The zero-order valence-electron chi connectivity index (χ0n) is 22.2. The minimum Gasteiger partial charge on any atom is -0.497 e. The Morgan fingerprint density at radius 2 is 1.41 bits per heavy atom. The average Bonchev–Trinajstić information content (AvgIpc) is 3.42. The van der Waals surface area contributed by atoms with Gasteiger partial charge in [0.25, 0.3) is 0 Å². The zero-order chi connectivity index (χ0) is 26.4. The second kappa shape index (κ2) is 11.8. The van der Waals surface area contributed by atoms with E-state index in [2.05, 4.69) is 12.1 Å². The number of nitrogens with two attached hydrogens (primary N) is 1. The highest BCUT2D eigenvalue weighted by molar-refractivity contribution is 5.82. The summed E-state index contributed by atoms with van der Waals surface area (Å²) < 4.78 is 17.9. The molecule has 2 N–H and O–H groups in total. The topological polar surface area (TPSA) is 74.0 Å². The Balaban J connectivity index is 1.78. The van der Waals surface area contributed by atoms with E-state index in [1.807, 2.05) is 85.5 Å². The summed E-state index contributed by atoms with van der Waals surface area (Å²) in [4.78, 5) is 15.1. The molecule has 1 amide bonds. The molecule has 1 heterocycles. The maximum absolute atomic E-state index is 13.2. The molecule has 0 unspecified atom stereocenters. The molecule has 0 bridgehead atoms. The van der Waals surface area contributed by atoms with Gasteiger partial charge in [-0.05, 0) is 59.7 Å². The lowest BCUT2D eigenvalue weighted by Gasteiger charge is -2.38. The van der Waals surface area contributed by atoms with E-state index in [1.165, 1.54) is 0 Å². The number of carbonyl (C=O) groups is 1. The van der Waals surface area contributed by atoms with E-state index in [4.69, 9.17) is 19.9 Å². The number of hydrogen-bond acceptors (Lipinski definition) is 5. The average molecular weight is 503 g/mol. The third-order valence-corrected chi connectivity index (χ3v) is 7.33. The van der Waals surface area contributed by atoms with Crippen molar-refractivity contribution in [3.8, 4) is 11.5 Å². The van der Waals surface area contributed by atoms with Gasteiger partial charge in [-0.2, -0.15) is 0 Å². The van der Waals surface area contributed by atoms with Crippen molar-refractivity contribution >= 4 is 5.91 Å². The van der Waals surface area contributed by atoms with Crippen LogP contribution in [0.2, 0.25) is 0 Å². The van der Waals surface area contributed by atoms with Crippen molar-refractivity contribution in [2.75, 3.05) is 27.4 Å². The van der Waals surface area contributed by atoms with Crippen molar-refractivity contribution in [3.63, 3.8) is 0 Å². The van der Waals surface area contributed by atoms with Crippen LogP contribution in [0.1, 0.15) is 43.4 Å². The summed E-state index contributed by atoms with van der Waals surface area (Å²) in [5.41, 5.74) is 8.29. The van der Waals surface area contributed by atoms with Crippen molar-refractivity contribution in [1.82, 2.24) is 4.90 Å². The number of amides is 1. The minimum absolute atomic E-state index is 0.000283. The number of benzene rings is 3. The highest BCUT2D eigenvalue weighted by Gasteiger charge is 2.40. The summed E-state index contributed by atoms with van der Waals surface area (Å²) in [6.45, 7) is 5.05. The number of likely N-dealkylation sites (tertiary alicyclic amines) is 1. The van der Waals surface area contributed by atoms with Gasteiger partial charge in [0.1, 0.15) is 17.1 Å². The first-order chi connectivity index (χ1) is 17.9. The van der Waals surface area contributed by atoms with E-state index in [9.17, 15) is 4.79 Å². The number of rotatable bonds is 10. The molecule has 0 spiro atoms. The number of hydrogen-bond donors (Lipinski definition) is 1. The van der Waals surface area contributed by atoms with Gasteiger partial charge < -0.3 is 24.8 Å². The molecule has 196 valence electrons. The quantitative estimate of drug-likeness (QED) is 0.396. The molecule has 4 rings (SSSR count). The Kier molecular flexibility index (Phi) is 8.52. The molecule has 0 radical (unpaired) electrons. The lowest BCUT2D eigenvalue weighted by atomic mass is 9.80. The highest BCUT2D eigenvalue weighted by Crippen LogP contribution is 2.42. The second-order valence-corrected chi connectivity index (χ2v) is 9.91. The smallest absolute Gasteiger partial charge is 0.240 e. The van der Waals surface area contributed by atoms with Crippen molar-refractivity contribution in [1.29, 1.82) is 0 Å². The number of nitrogens with zero attached hydrogens (tertiary/aromatic N) is 1. The molecule has 1 aliphatic rings. The maximum Gasteiger partial charge on any atom is 0.240 e. The Hall–Kier alpha value is -3.35. The highest BCUT2D eigenvalue weighted by atomic mass is 16.5. The van der Waals surface area contributed by atoms with Crippen LogP contribution in [-0.2, 0) is 15.1 Å². The largest absolute Gasteiger partial charge is 0.497 e. The predicted molar refractivity (Wildman–Crippen MR) is 146 cm³/mol. The Bertz CT molecular complexity index is 1100. The summed E-state index contributed by atoms with van der Waals surface area (Å²) in [7, 11) is 3.32. The van der Waals surface area contributed by atoms with Gasteiger partial charge in [0, 0.05) is 6.54 Å². The standard InChI is InChI=1S/C31H38N2O4/c1-22(2)29(32)30(34)33-20-8-11-26(33)21-37-31(23-9-6-5-7-10-23,24-12-16-27(35-3)17-13-24)25-14-18-28(36-4)19-15-25/h5-7,9-10,12-19,22,26,29H,8,11,20-21,32H2,1-4H3/t26-,29-/m0/s1. The molecule has 0 aromatic heterocycles. The number of ether oxygens (including phenoxy) is 3. The minimum atomic E-state index is -0.905. The zero-order valence-corrected chi connectivity index (χ0v) is 22.2. The molecule has 3 aromatic rings. The number of carbonyl (C=O) groups excluding carboxylic acids is 1. The molecular weight excluding hydrogens is 464 g/mol. The van der Waals surface area contributed by atoms with E-state index in [0.717, 1.165) is 41.0 Å². The summed E-state index contributed by atoms with van der Waals surface area (Å²) in [6.07, 6.45) is 1.82. The third-order valence-electron chi connectivity index (χ3n) is 7.33. The summed E-state index contributed by atoms with van der Waals surface area (Å²) in [6, 6.07) is 25.6.